The average Bonchev–Trinajstić information content (AvgIpc) is 2.46. The predicted molar refractivity (Wildman–Crippen MR) is 78.1 cm³/mol. The highest BCUT2D eigenvalue weighted by Crippen LogP contribution is 2.26. The first-order chi connectivity index (χ1) is 9.59. The van der Waals surface area contributed by atoms with Crippen LogP contribution in [0.4, 0.5) is 0 Å². The Hall–Kier alpha value is -1.42. The molecule has 4 nitrogen and oxygen atoms in total. The zero-order valence-electron chi connectivity index (χ0n) is 12.6. The van der Waals surface area contributed by atoms with E-state index >= 15 is 0 Å². The van der Waals surface area contributed by atoms with Crippen LogP contribution in [0.15, 0.2) is 18.5 Å². The molecule has 2 atom stereocenters. The van der Waals surface area contributed by atoms with Crippen LogP contribution >= 0.6 is 0 Å². The van der Waals surface area contributed by atoms with Crippen LogP contribution in [-0.4, -0.2) is 23.6 Å². The molecule has 0 aliphatic carbocycles. The fourth-order valence-corrected chi connectivity index (χ4v) is 2.75. The monoisotopic (exact) mass is 276 g/mol. The van der Waals surface area contributed by atoms with Crippen LogP contribution in [0.1, 0.15) is 37.8 Å². The molecule has 110 valence electrons. The Bertz CT molecular complexity index is 460. The first-order valence-electron chi connectivity index (χ1n) is 7.38. The number of amides is 1. The van der Waals surface area contributed by atoms with Crippen molar-refractivity contribution in [2.24, 2.45) is 11.8 Å². The van der Waals surface area contributed by atoms with Gasteiger partial charge >= 0.3 is 0 Å². The van der Waals surface area contributed by atoms with E-state index in [1.807, 2.05) is 19.2 Å². The number of carbonyl (C=O) groups is 1. The summed E-state index contributed by atoms with van der Waals surface area (Å²) >= 11 is 0. The van der Waals surface area contributed by atoms with Crippen molar-refractivity contribution in [1.82, 2.24) is 10.3 Å². The summed E-state index contributed by atoms with van der Waals surface area (Å²) in [6, 6.07) is 1.95. The lowest BCUT2D eigenvalue weighted by Gasteiger charge is -2.33. The van der Waals surface area contributed by atoms with Crippen LogP contribution in [0, 0.1) is 18.8 Å². The van der Waals surface area contributed by atoms with Crippen LogP contribution in [0.5, 0.6) is 0 Å². The lowest BCUT2D eigenvalue weighted by atomic mass is 9.87. The maximum atomic E-state index is 12.4. The number of nitrogens with one attached hydrogen (secondary N) is 1. The number of rotatable bonds is 4. The number of aryl methyl sites for hydroxylation is 1. The largest absolute Gasteiger partial charge is 0.377 e. The molecule has 0 radical (unpaired) electrons. The van der Waals surface area contributed by atoms with E-state index in [1.165, 1.54) is 0 Å². The van der Waals surface area contributed by atoms with E-state index in [4.69, 9.17) is 4.74 Å². The molecule has 1 aromatic heterocycles. The highest BCUT2D eigenvalue weighted by molar-refractivity contribution is 5.79. The van der Waals surface area contributed by atoms with Crippen LogP contribution in [-0.2, 0) is 16.1 Å². The van der Waals surface area contributed by atoms with Gasteiger partial charge in [0.1, 0.15) is 0 Å². The minimum absolute atomic E-state index is 0.0223. The summed E-state index contributed by atoms with van der Waals surface area (Å²) in [5.74, 6) is 0.458. The Morgan fingerprint density at radius 2 is 2.35 bits per heavy atom. The molecule has 0 saturated carbocycles. The van der Waals surface area contributed by atoms with Crippen molar-refractivity contribution in [1.29, 1.82) is 0 Å². The van der Waals surface area contributed by atoms with Crippen LogP contribution in [0.2, 0.25) is 0 Å². The number of hydrogen-bond donors (Lipinski definition) is 1. The van der Waals surface area contributed by atoms with Gasteiger partial charge in [0.25, 0.3) is 0 Å². The quantitative estimate of drug-likeness (QED) is 0.919. The molecule has 1 N–H and O–H groups in total. The highest BCUT2D eigenvalue weighted by Gasteiger charge is 2.33. The van der Waals surface area contributed by atoms with Crippen molar-refractivity contribution in [2.75, 3.05) is 6.61 Å². The molecule has 0 bridgehead atoms. The summed E-state index contributed by atoms with van der Waals surface area (Å²) in [6.07, 6.45) is 5.51. The minimum Gasteiger partial charge on any atom is -0.377 e. The lowest BCUT2D eigenvalue weighted by molar-refractivity contribution is -0.137. The van der Waals surface area contributed by atoms with E-state index in [-0.39, 0.29) is 17.9 Å². The maximum absolute atomic E-state index is 12.4. The number of nitrogens with zero attached hydrogens (tertiary/aromatic N) is 1. The van der Waals surface area contributed by atoms with Crippen molar-refractivity contribution in [3.63, 3.8) is 0 Å². The van der Waals surface area contributed by atoms with E-state index < -0.39 is 0 Å². The van der Waals surface area contributed by atoms with Gasteiger partial charge in [-0.25, -0.2) is 0 Å². The Morgan fingerprint density at radius 3 is 3.05 bits per heavy atom. The van der Waals surface area contributed by atoms with Crippen molar-refractivity contribution < 1.29 is 9.53 Å². The van der Waals surface area contributed by atoms with Crippen LogP contribution in [0.3, 0.4) is 0 Å². The van der Waals surface area contributed by atoms with E-state index in [9.17, 15) is 4.79 Å². The Balaban J connectivity index is 1.95. The smallest absolute Gasteiger partial charge is 0.226 e. The molecule has 1 aliphatic rings. The lowest BCUT2D eigenvalue weighted by Crippen LogP contribution is -2.43. The SMILES string of the molecule is Cc1cnccc1CNC(=O)C1CCCOC1C(C)C. The van der Waals surface area contributed by atoms with Gasteiger partial charge in [0.15, 0.2) is 0 Å². The summed E-state index contributed by atoms with van der Waals surface area (Å²) in [6.45, 7) is 7.58. The molecule has 2 unspecified atom stereocenters. The van der Waals surface area contributed by atoms with Crippen LogP contribution in [0.25, 0.3) is 0 Å². The molecule has 1 fully saturated rings. The second-order valence-electron chi connectivity index (χ2n) is 5.85. The van der Waals surface area contributed by atoms with E-state index in [2.05, 4.69) is 24.1 Å². The van der Waals surface area contributed by atoms with Gasteiger partial charge in [-0.1, -0.05) is 13.8 Å². The second kappa shape index (κ2) is 6.84. The Morgan fingerprint density at radius 1 is 1.55 bits per heavy atom. The van der Waals surface area contributed by atoms with Gasteiger partial charge in [-0.05, 0) is 42.9 Å². The number of carbonyl (C=O) groups excluding carboxylic acids is 1. The topological polar surface area (TPSA) is 51.2 Å². The number of hydrogen-bond acceptors (Lipinski definition) is 3. The molecular weight excluding hydrogens is 252 g/mol. The fraction of sp³-hybridized carbons (Fsp3) is 0.625. The summed E-state index contributed by atoms with van der Waals surface area (Å²) in [5, 5.41) is 3.05. The molecule has 2 heterocycles. The average molecular weight is 276 g/mol. The van der Waals surface area contributed by atoms with Gasteiger partial charge in [0.05, 0.1) is 12.0 Å². The third-order valence-electron chi connectivity index (χ3n) is 3.95. The van der Waals surface area contributed by atoms with Gasteiger partial charge in [-0.15, -0.1) is 0 Å². The third kappa shape index (κ3) is 3.57. The number of ether oxygens (including phenoxy) is 1. The number of pyridine rings is 1. The molecule has 4 heteroatoms. The fourth-order valence-electron chi connectivity index (χ4n) is 2.75. The van der Waals surface area contributed by atoms with Crippen molar-refractivity contribution in [3.05, 3.63) is 29.6 Å². The standard InChI is InChI=1S/C16H24N2O2/c1-11(2)15-14(5-4-8-20-15)16(19)18-10-13-6-7-17-9-12(13)3/h6-7,9,11,14-15H,4-5,8,10H2,1-3H3,(H,18,19). The molecule has 1 aliphatic heterocycles. The van der Waals surface area contributed by atoms with Gasteiger partial charge in [0, 0.05) is 25.5 Å². The van der Waals surface area contributed by atoms with Crippen LogP contribution < -0.4 is 5.32 Å². The first-order valence-corrected chi connectivity index (χ1v) is 7.38. The zero-order chi connectivity index (χ0) is 14.5. The highest BCUT2D eigenvalue weighted by atomic mass is 16.5. The molecule has 20 heavy (non-hydrogen) atoms. The summed E-state index contributed by atoms with van der Waals surface area (Å²) in [4.78, 5) is 16.5. The number of aromatic nitrogens is 1. The van der Waals surface area contributed by atoms with E-state index in [1.54, 1.807) is 6.20 Å². The van der Waals surface area contributed by atoms with Gasteiger partial charge < -0.3 is 10.1 Å². The van der Waals surface area contributed by atoms with Crippen molar-refractivity contribution in [3.8, 4) is 0 Å². The van der Waals surface area contributed by atoms with Gasteiger partial charge in [0.2, 0.25) is 5.91 Å². The maximum Gasteiger partial charge on any atom is 0.226 e. The van der Waals surface area contributed by atoms with E-state index in [0.29, 0.717) is 12.5 Å². The summed E-state index contributed by atoms with van der Waals surface area (Å²) < 4.78 is 5.78. The molecule has 0 aromatic carbocycles. The Labute approximate surface area is 120 Å². The van der Waals surface area contributed by atoms with Crippen molar-refractivity contribution in [2.45, 2.75) is 46.3 Å². The predicted octanol–water partition coefficient (Wildman–Crippen LogP) is 2.46. The summed E-state index contributed by atoms with van der Waals surface area (Å²) in [5.41, 5.74) is 2.22. The molecule has 1 saturated heterocycles. The molecule has 1 aromatic rings. The first kappa shape index (κ1) is 15.0. The molecule has 0 spiro atoms. The normalized spacial score (nSPS) is 22.8. The third-order valence-corrected chi connectivity index (χ3v) is 3.95. The van der Waals surface area contributed by atoms with Gasteiger partial charge in [-0.2, -0.15) is 0 Å². The van der Waals surface area contributed by atoms with Gasteiger partial charge in [-0.3, -0.25) is 9.78 Å². The molecule has 2 rings (SSSR count). The zero-order valence-corrected chi connectivity index (χ0v) is 12.6. The van der Waals surface area contributed by atoms with E-state index in [0.717, 1.165) is 30.6 Å². The Kier molecular flexibility index (Phi) is 5.12. The second-order valence-corrected chi connectivity index (χ2v) is 5.85. The summed E-state index contributed by atoms with van der Waals surface area (Å²) in [7, 11) is 0. The minimum atomic E-state index is -0.0223. The molecular formula is C16H24N2O2. The molecule has 1 amide bonds. The van der Waals surface area contributed by atoms with Crippen molar-refractivity contribution >= 4 is 5.91 Å².